The van der Waals surface area contributed by atoms with Gasteiger partial charge in [-0.25, -0.2) is 0 Å². The van der Waals surface area contributed by atoms with Crippen LogP contribution in [0, 0.1) is 0 Å². The second kappa shape index (κ2) is 11.1. The summed E-state index contributed by atoms with van der Waals surface area (Å²) in [5.41, 5.74) is 16.9. The molecule has 234 valence electrons. The van der Waals surface area contributed by atoms with E-state index in [0.29, 0.717) is 0 Å². The molecule has 2 unspecified atom stereocenters. The number of aromatic nitrogens is 1. The molecular weight excluding hydrogens is 603 g/mol. The molecule has 0 spiro atoms. The number of rotatable bonds is 5. The number of pyridine rings is 1. The largest absolute Gasteiger partial charge is 0.264 e. The minimum absolute atomic E-state index is 0.446. The van der Waals surface area contributed by atoms with Gasteiger partial charge in [-0.15, -0.1) is 0 Å². The van der Waals surface area contributed by atoms with E-state index in [0.717, 1.165) is 11.1 Å². The van der Waals surface area contributed by atoms with Crippen molar-refractivity contribution in [1.29, 1.82) is 0 Å². The molecule has 2 atom stereocenters. The van der Waals surface area contributed by atoms with Crippen LogP contribution >= 0.6 is 0 Å². The quantitative estimate of drug-likeness (QED) is 0.183. The van der Waals surface area contributed by atoms with Crippen molar-refractivity contribution in [2.75, 3.05) is 0 Å². The van der Waals surface area contributed by atoms with Crippen molar-refractivity contribution in [3.63, 3.8) is 0 Å². The van der Waals surface area contributed by atoms with Crippen LogP contribution in [0.3, 0.4) is 0 Å². The van der Waals surface area contributed by atoms with E-state index in [9.17, 15) is 0 Å². The zero-order chi connectivity index (χ0) is 33.1. The molecule has 8 aromatic rings. The van der Waals surface area contributed by atoms with Crippen LogP contribution in [-0.4, -0.2) is 4.98 Å². The number of nitrogens with zero attached hydrogens (tertiary/aromatic N) is 1. The average molecular weight is 636 g/mol. The van der Waals surface area contributed by atoms with Gasteiger partial charge in [0.05, 0.1) is 10.8 Å². The molecule has 1 nitrogen and oxygen atoms in total. The predicted octanol–water partition coefficient (Wildman–Crippen LogP) is 11.5. The summed E-state index contributed by atoms with van der Waals surface area (Å²) in [5, 5.41) is 0. The zero-order valence-electron chi connectivity index (χ0n) is 27.5. The summed E-state index contributed by atoms with van der Waals surface area (Å²) in [4.78, 5) is 4.33. The van der Waals surface area contributed by atoms with E-state index in [4.69, 9.17) is 0 Å². The van der Waals surface area contributed by atoms with Crippen LogP contribution in [0.1, 0.15) is 44.5 Å². The van der Waals surface area contributed by atoms with E-state index in [-0.39, 0.29) is 0 Å². The first-order chi connectivity index (χ1) is 24.8. The Bertz CT molecular complexity index is 2520. The summed E-state index contributed by atoms with van der Waals surface area (Å²) in [7, 11) is 0. The maximum atomic E-state index is 4.33. The number of hydrogen-bond donors (Lipinski definition) is 0. The predicted molar refractivity (Wildman–Crippen MR) is 204 cm³/mol. The Kier molecular flexibility index (Phi) is 6.38. The molecule has 1 aromatic heterocycles. The molecule has 1 heteroatoms. The lowest BCUT2D eigenvalue weighted by molar-refractivity contribution is 0.627. The van der Waals surface area contributed by atoms with Gasteiger partial charge in [0.1, 0.15) is 0 Å². The third kappa shape index (κ3) is 3.86. The number of fused-ring (bicyclic) bond motifs is 5. The molecule has 2 aliphatic rings. The average Bonchev–Trinajstić information content (AvgIpc) is 3.52. The van der Waals surface area contributed by atoms with Gasteiger partial charge in [-0.3, -0.25) is 4.98 Å². The molecule has 7 aromatic carbocycles. The third-order valence-corrected chi connectivity index (χ3v) is 11.1. The first kappa shape index (κ1) is 28.7. The van der Waals surface area contributed by atoms with Crippen LogP contribution in [0.15, 0.2) is 200 Å². The molecule has 2 aliphatic carbocycles. The van der Waals surface area contributed by atoms with Crippen LogP contribution in [0.2, 0.25) is 0 Å². The summed E-state index contributed by atoms with van der Waals surface area (Å²) in [6.07, 6.45) is 3.74. The van der Waals surface area contributed by atoms with Crippen LogP contribution < -0.4 is 0 Å². The van der Waals surface area contributed by atoms with Crippen molar-refractivity contribution in [2.24, 2.45) is 0 Å². The first-order valence-corrected chi connectivity index (χ1v) is 17.4. The van der Waals surface area contributed by atoms with Gasteiger partial charge >= 0.3 is 0 Å². The minimum atomic E-state index is -0.560. The molecule has 0 amide bonds. The van der Waals surface area contributed by atoms with E-state index in [2.05, 4.69) is 187 Å². The van der Waals surface area contributed by atoms with E-state index < -0.39 is 10.8 Å². The van der Waals surface area contributed by atoms with Gasteiger partial charge in [0, 0.05) is 12.4 Å². The van der Waals surface area contributed by atoms with Gasteiger partial charge in [0.25, 0.3) is 0 Å². The van der Waals surface area contributed by atoms with Crippen molar-refractivity contribution in [1.82, 2.24) is 4.98 Å². The van der Waals surface area contributed by atoms with E-state index in [1.807, 2.05) is 18.5 Å². The Morgan fingerprint density at radius 2 is 0.840 bits per heavy atom. The SMILES string of the molecule is c1ccc(C2(c3cccc(-c4ccc(-c5cccnc5)cc4)c3)c3ccccc3C3(c4ccccc4)c4ccccc4-c4cccc2c43)cc1. The molecule has 10 rings (SSSR count). The van der Waals surface area contributed by atoms with Gasteiger partial charge in [-0.05, 0) is 90.0 Å². The monoisotopic (exact) mass is 635 g/mol. The summed E-state index contributed by atoms with van der Waals surface area (Å²) >= 11 is 0. The third-order valence-electron chi connectivity index (χ3n) is 11.1. The van der Waals surface area contributed by atoms with Crippen molar-refractivity contribution in [2.45, 2.75) is 10.8 Å². The van der Waals surface area contributed by atoms with E-state index in [1.54, 1.807) is 0 Å². The van der Waals surface area contributed by atoms with Crippen molar-refractivity contribution < 1.29 is 0 Å². The highest BCUT2D eigenvalue weighted by molar-refractivity contribution is 5.92. The zero-order valence-corrected chi connectivity index (χ0v) is 27.5. The molecule has 0 saturated carbocycles. The molecule has 0 N–H and O–H groups in total. The molecule has 0 fully saturated rings. The standard InChI is InChI=1S/C49H33N/c1-3-16-38(17-4-1)48(40-20-11-14-36(32-40)34-27-29-35(30-28-34)37-15-13-31-50-33-37)44-24-9-10-25-45(44)49(39-18-5-2-6-19-39)43-23-8-7-21-41(43)42-22-12-26-46(48)47(42)49/h1-33H. The molecule has 0 bridgehead atoms. The van der Waals surface area contributed by atoms with E-state index in [1.165, 1.54) is 66.8 Å². The Balaban J connectivity index is 1.29. The van der Waals surface area contributed by atoms with Crippen LogP contribution in [-0.2, 0) is 10.8 Å². The fourth-order valence-corrected chi connectivity index (χ4v) is 9.18. The van der Waals surface area contributed by atoms with Crippen LogP contribution in [0.25, 0.3) is 33.4 Å². The van der Waals surface area contributed by atoms with Crippen LogP contribution in [0.5, 0.6) is 0 Å². The van der Waals surface area contributed by atoms with Crippen molar-refractivity contribution in [3.8, 4) is 33.4 Å². The highest BCUT2D eigenvalue weighted by atomic mass is 14.6. The maximum Gasteiger partial charge on any atom is 0.0720 e. The van der Waals surface area contributed by atoms with Crippen molar-refractivity contribution in [3.05, 3.63) is 245 Å². The van der Waals surface area contributed by atoms with Gasteiger partial charge in [0.2, 0.25) is 0 Å². The molecule has 0 saturated heterocycles. The topological polar surface area (TPSA) is 12.9 Å². The van der Waals surface area contributed by atoms with Gasteiger partial charge in [0.15, 0.2) is 0 Å². The highest BCUT2D eigenvalue weighted by Crippen LogP contribution is 2.65. The lowest BCUT2D eigenvalue weighted by atomic mass is 9.51. The van der Waals surface area contributed by atoms with Gasteiger partial charge in [-0.1, -0.05) is 176 Å². The molecular formula is C49H33N. The summed E-state index contributed by atoms with van der Waals surface area (Å²) < 4.78 is 0. The fourth-order valence-electron chi connectivity index (χ4n) is 9.18. The summed E-state index contributed by atoms with van der Waals surface area (Å²) in [6, 6.07) is 69.9. The second-order valence-corrected chi connectivity index (χ2v) is 13.5. The Labute approximate surface area is 293 Å². The molecule has 1 heterocycles. The molecule has 0 radical (unpaired) electrons. The van der Waals surface area contributed by atoms with Crippen LogP contribution in [0.4, 0.5) is 0 Å². The Morgan fingerprint density at radius 1 is 0.320 bits per heavy atom. The second-order valence-electron chi connectivity index (χ2n) is 13.5. The highest BCUT2D eigenvalue weighted by Gasteiger charge is 2.57. The minimum Gasteiger partial charge on any atom is -0.264 e. The van der Waals surface area contributed by atoms with Gasteiger partial charge in [-0.2, -0.15) is 0 Å². The lowest BCUT2D eigenvalue weighted by Crippen LogP contribution is -2.44. The smallest absolute Gasteiger partial charge is 0.0720 e. The number of benzene rings is 7. The Morgan fingerprint density at radius 3 is 1.54 bits per heavy atom. The maximum absolute atomic E-state index is 4.33. The fraction of sp³-hybridized carbons (Fsp3) is 0.0408. The first-order valence-electron chi connectivity index (χ1n) is 17.4. The Hall–Kier alpha value is -6.31. The lowest BCUT2D eigenvalue weighted by Gasteiger charge is -2.49. The van der Waals surface area contributed by atoms with Crippen molar-refractivity contribution >= 4 is 0 Å². The number of hydrogen-bond acceptors (Lipinski definition) is 1. The summed E-state index contributed by atoms with van der Waals surface area (Å²) in [5.74, 6) is 0. The summed E-state index contributed by atoms with van der Waals surface area (Å²) in [6.45, 7) is 0. The molecule has 50 heavy (non-hydrogen) atoms. The molecule has 0 aliphatic heterocycles. The van der Waals surface area contributed by atoms with Gasteiger partial charge < -0.3 is 0 Å². The normalized spacial score (nSPS) is 18.2. The van der Waals surface area contributed by atoms with E-state index >= 15 is 0 Å².